The van der Waals surface area contributed by atoms with E-state index in [0.29, 0.717) is 34.1 Å². The summed E-state index contributed by atoms with van der Waals surface area (Å²) in [5, 5.41) is 0. The molecule has 0 N–H and O–H groups in total. The summed E-state index contributed by atoms with van der Waals surface area (Å²) >= 11 is 0. The summed E-state index contributed by atoms with van der Waals surface area (Å²) in [6.45, 7) is 9.85. The molecule has 0 amide bonds. The molecule has 0 spiro atoms. The first-order chi connectivity index (χ1) is 17.9. The molecule has 0 aliphatic rings. The van der Waals surface area contributed by atoms with Crippen LogP contribution in [0.5, 0.6) is 17.2 Å². The number of esters is 1. The standard InChI is InChI=1S/C29H23F3O6/c1-17(2)26(33)19-5-9-21(10-6-19)36-16-37-23-13-14-24(25(15-23)29(30,31)32)28(35)38-22-11-7-20(8-12-22)27(34)18(3)4/h5-15H,1,3,16H2,2,4H3. The molecule has 0 saturated carbocycles. The Kier molecular flexibility index (Phi) is 8.52. The molecule has 3 aromatic carbocycles. The number of allylic oxidation sites excluding steroid dienone is 2. The normalized spacial score (nSPS) is 10.9. The summed E-state index contributed by atoms with van der Waals surface area (Å²) in [6, 6.07) is 14.2. The van der Waals surface area contributed by atoms with Crippen LogP contribution in [0.1, 0.15) is 50.5 Å². The Morgan fingerprint density at radius 3 is 1.63 bits per heavy atom. The zero-order valence-corrected chi connectivity index (χ0v) is 20.6. The Labute approximate surface area is 217 Å². The van der Waals surface area contributed by atoms with Crippen LogP contribution in [0.3, 0.4) is 0 Å². The summed E-state index contributed by atoms with van der Waals surface area (Å²) in [7, 11) is 0. The topological polar surface area (TPSA) is 78.9 Å². The number of carbonyl (C=O) groups is 3. The van der Waals surface area contributed by atoms with Crippen molar-refractivity contribution >= 4 is 17.5 Å². The fraction of sp³-hybridized carbons (Fsp3) is 0.138. The molecule has 0 aliphatic carbocycles. The lowest BCUT2D eigenvalue weighted by atomic mass is 10.1. The van der Waals surface area contributed by atoms with Crippen LogP contribution in [0, 0.1) is 0 Å². The third kappa shape index (κ3) is 6.97. The van der Waals surface area contributed by atoms with E-state index in [4.69, 9.17) is 14.2 Å². The number of halogens is 3. The molecule has 3 rings (SSSR count). The molecule has 3 aromatic rings. The van der Waals surface area contributed by atoms with Gasteiger partial charge in [-0.1, -0.05) is 13.2 Å². The summed E-state index contributed by atoms with van der Waals surface area (Å²) in [4.78, 5) is 36.4. The summed E-state index contributed by atoms with van der Waals surface area (Å²) in [5.74, 6) is -1.66. The van der Waals surface area contributed by atoms with Gasteiger partial charge in [0, 0.05) is 11.1 Å². The lowest BCUT2D eigenvalue weighted by molar-refractivity contribution is -0.138. The fourth-order valence-electron chi connectivity index (χ4n) is 3.22. The van der Waals surface area contributed by atoms with Crippen molar-refractivity contribution in [2.24, 2.45) is 0 Å². The molecule has 0 unspecified atom stereocenters. The fourth-order valence-corrected chi connectivity index (χ4v) is 3.22. The third-order valence-electron chi connectivity index (χ3n) is 5.19. The minimum Gasteiger partial charge on any atom is -0.458 e. The molecule has 9 heteroatoms. The van der Waals surface area contributed by atoms with Crippen molar-refractivity contribution in [1.82, 2.24) is 0 Å². The second-order valence-electron chi connectivity index (χ2n) is 8.27. The Balaban J connectivity index is 1.69. The monoisotopic (exact) mass is 524 g/mol. The maximum Gasteiger partial charge on any atom is 0.417 e. The van der Waals surface area contributed by atoms with Crippen LogP contribution < -0.4 is 14.2 Å². The second-order valence-corrected chi connectivity index (χ2v) is 8.27. The first-order valence-electron chi connectivity index (χ1n) is 11.2. The van der Waals surface area contributed by atoms with Crippen molar-refractivity contribution in [3.05, 3.63) is 113 Å². The first-order valence-corrected chi connectivity index (χ1v) is 11.2. The average molecular weight is 524 g/mol. The van der Waals surface area contributed by atoms with Gasteiger partial charge in [-0.05, 0) is 91.7 Å². The molecule has 38 heavy (non-hydrogen) atoms. The predicted octanol–water partition coefficient (Wildman–Crippen LogP) is 6.86. The van der Waals surface area contributed by atoms with Crippen LogP contribution in [-0.4, -0.2) is 24.3 Å². The van der Waals surface area contributed by atoms with Crippen molar-refractivity contribution in [2.75, 3.05) is 6.79 Å². The largest absolute Gasteiger partial charge is 0.458 e. The molecule has 6 nitrogen and oxygen atoms in total. The second kappa shape index (κ2) is 11.6. The van der Waals surface area contributed by atoms with Gasteiger partial charge >= 0.3 is 12.1 Å². The van der Waals surface area contributed by atoms with E-state index in [-0.39, 0.29) is 23.1 Å². The highest BCUT2D eigenvalue weighted by molar-refractivity contribution is 6.08. The molecular weight excluding hydrogens is 501 g/mol. The summed E-state index contributed by atoms with van der Waals surface area (Å²) in [6.07, 6.45) is -4.88. The predicted molar refractivity (Wildman–Crippen MR) is 134 cm³/mol. The molecule has 0 aliphatic heterocycles. The van der Waals surface area contributed by atoms with Crippen molar-refractivity contribution < 1.29 is 41.8 Å². The van der Waals surface area contributed by atoms with Gasteiger partial charge < -0.3 is 14.2 Å². The SMILES string of the molecule is C=C(C)C(=O)c1ccc(OCOc2ccc(C(=O)Oc3ccc(C(=O)C(=C)C)cc3)c(C(F)(F)F)c2)cc1. The van der Waals surface area contributed by atoms with E-state index in [9.17, 15) is 27.6 Å². The van der Waals surface area contributed by atoms with Crippen LogP contribution in [0.25, 0.3) is 0 Å². The molecule has 196 valence electrons. The van der Waals surface area contributed by atoms with Gasteiger partial charge in [0.1, 0.15) is 17.2 Å². The Bertz CT molecular complexity index is 1390. The van der Waals surface area contributed by atoms with Gasteiger partial charge in [-0.2, -0.15) is 13.2 Å². The van der Waals surface area contributed by atoms with Crippen molar-refractivity contribution in [3.63, 3.8) is 0 Å². The van der Waals surface area contributed by atoms with Crippen molar-refractivity contribution in [3.8, 4) is 17.2 Å². The van der Waals surface area contributed by atoms with Crippen LogP contribution >= 0.6 is 0 Å². The van der Waals surface area contributed by atoms with Gasteiger partial charge in [0.15, 0.2) is 11.6 Å². The van der Waals surface area contributed by atoms with Gasteiger partial charge in [0.05, 0.1) is 11.1 Å². The highest BCUT2D eigenvalue weighted by Crippen LogP contribution is 2.35. The van der Waals surface area contributed by atoms with Crippen LogP contribution in [0.4, 0.5) is 13.2 Å². The lowest BCUT2D eigenvalue weighted by Crippen LogP contribution is -2.17. The third-order valence-corrected chi connectivity index (χ3v) is 5.19. The number of benzene rings is 3. The van der Waals surface area contributed by atoms with Crippen LogP contribution in [-0.2, 0) is 6.18 Å². The molecule has 0 heterocycles. The van der Waals surface area contributed by atoms with Crippen LogP contribution in [0.15, 0.2) is 91.0 Å². The minimum atomic E-state index is -4.88. The Morgan fingerprint density at radius 1 is 0.711 bits per heavy atom. The number of ether oxygens (including phenoxy) is 3. The highest BCUT2D eigenvalue weighted by atomic mass is 19.4. The zero-order chi connectivity index (χ0) is 28.0. The lowest BCUT2D eigenvalue weighted by Gasteiger charge is -2.15. The van der Waals surface area contributed by atoms with Gasteiger partial charge in [-0.15, -0.1) is 0 Å². The van der Waals surface area contributed by atoms with Gasteiger partial charge in [-0.25, -0.2) is 4.79 Å². The smallest absolute Gasteiger partial charge is 0.417 e. The molecule has 0 bridgehead atoms. The number of alkyl halides is 3. The number of ketones is 2. The number of Topliss-reactive ketones (excluding diaryl/α,β-unsaturated/α-hetero) is 2. The van der Waals surface area contributed by atoms with E-state index in [0.717, 1.165) is 6.07 Å². The first kappa shape index (κ1) is 27.9. The summed E-state index contributed by atoms with van der Waals surface area (Å²) < 4.78 is 56.9. The Hall–Kier alpha value is -4.66. The number of hydrogen-bond acceptors (Lipinski definition) is 6. The van der Waals surface area contributed by atoms with E-state index < -0.39 is 30.1 Å². The molecule has 0 atom stereocenters. The van der Waals surface area contributed by atoms with Gasteiger partial charge in [0.2, 0.25) is 6.79 Å². The summed E-state index contributed by atoms with van der Waals surface area (Å²) in [5.41, 5.74) is -0.567. The molecule has 0 fully saturated rings. The maximum atomic E-state index is 13.7. The minimum absolute atomic E-state index is 0.0360. The Morgan fingerprint density at radius 2 is 1.16 bits per heavy atom. The van der Waals surface area contributed by atoms with E-state index in [2.05, 4.69) is 13.2 Å². The van der Waals surface area contributed by atoms with Crippen molar-refractivity contribution in [1.29, 1.82) is 0 Å². The van der Waals surface area contributed by atoms with E-state index >= 15 is 0 Å². The van der Waals surface area contributed by atoms with Crippen molar-refractivity contribution in [2.45, 2.75) is 20.0 Å². The van der Waals surface area contributed by atoms with E-state index in [1.54, 1.807) is 13.8 Å². The van der Waals surface area contributed by atoms with Crippen LogP contribution in [0.2, 0.25) is 0 Å². The average Bonchev–Trinajstić information content (AvgIpc) is 2.88. The van der Waals surface area contributed by atoms with Gasteiger partial charge in [0.25, 0.3) is 0 Å². The molecule has 0 aromatic heterocycles. The molecule has 0 radical (unpaired) electrons. The molecule has 0 saturated heterocycles. The maximum absolute atomic E-state index is 13.7. The zero-order valence-electron chi connectivity index (χ0n) is 20.6. The number of rotatable bonds is 10. The highest BCUT2D eigenvalue weighted by Gasteiger charge is 2.36. The number of hydrogen-bond donors (Lipinski definition) is 0. The number of carbonyl (C=O) groups excluding carboxylic acids is 3. The van der Waals surface area contributed by atoms with E-state index in [1.165, 1.54) is 54.6 Å². The van der Waals surface area contributed by atoms with Gasteiger partial charge in [-0.3, -0.25) is 9.59 Å². The molecular formula is C29H23F3O6. The van der Waals surface area contributed by atoms with E-state index in [1.807, 2.05) is 0 Å². The quantitative estimate of drug-likeness (QED) is 0.0948.